The van der Waals surface area contributed by atoms with Crippen LogP contribution in [0.15, 0.2) is 70.5 Å². The summed E-state index contributed by atoms with van der Waals surface area (Å²) in [5, 5.41) is 0.0391. The van der Waals surface area contributed by atoms with E-state index in [4.69, 9.17) is 20.5 Å². The molecule has 0 radical (unpaired) electrons. The minimum Gasteiger partial charge on any atom is -0.493 e. The number of hydrogen-bond acceptors (Lipinski definition) is 7. The molecule has 7 nitrogen and oxygen atoms in total. The number of imide groups is 1. The number of methoxy groups -OCH3 is 1. The van der Waals surface area contributed by atoms with Crippen LogP contribution in [0.2, 0.25) is 5.02 Å². The van der Waals surface area contributed by atoms with Crippen molar-refractivity contribution in [1.82, 2.24) is 4.90 Å². The molecule has 0 N–H and O–H groups in total. The monoisotopic (exact) mass is 655 g/mol. The number of amides is 2. The molecule has 4 rings (SSSR count). The first-order valence-electron chi connectivity index (χ1n) is 10.5. The van der Waals surface area contributed by atoms with Crippen molar-refractivity contribution in [2.45, 2.75) is 18.4 Å². The van der Waals surface area contributed by atoms with Crippen LogP contribution >= 0.6 is 46.0 Å². The lowest BCUT2D eigenvalue weighted by Crippen LogP contribution is -2.27. The van der Waals surface area contributed by atoms with Crippen molar-refractivity contribution in [3.05, 3.63) is 90.9 Å². The molecular weight excluding hydrogens is 637 g/mol. The zero-order chi connectivity index (χ0) is 26.0. The number of nitrogens with zero attached hydrogens (tertiary/aromatic N) is 1. The van der Waals surface area contributed by atoms with Crippen LogP contribution in [0.1, 0.15) is 16.7 Å². The molecule has 0 bridgehead atoms. The molecule has 36 heavy (non-hydrogen) atoms. The Kier molecular flexibility index (Phi) is 7.98. The molecule has 1 aliphatic rings. The van der Waals surface area contributed by atoms with Crippen molar-refractivity contribution in [3.8, 4) is 11.5 Å². The Morgan fingerprint density at radius 3 is 2.47 bits per heavy atom. The molecule has 0 aliphatic carbocycles. The number of ether oxygens (including phenoxy) is 1. The first-order valence-corrected chi connectivity index (χ1v) is 14.1. The van der Waals surface area contributed by atoms with Gasteiger partial charge in [0.15, 0.2) is 11.5 Å². The highest BCUT2D eigenvalue weighted by Gasteiger charge is 2.35. The predicted molar refractivity (Wildman–Crippen MR) is 148 cm³/mol. The van der Waals surface area contributed by atoms with E-state index in [1.807, 2.05) is 53.8 Å². The summed E-state index contributed by atoms with van der Waals surface area (Å²) in [4.78, 5) is 26.9. The molecule has 3 aromatic rings. The van der Waals surface area contributed by atoms with Crippen molar-refractivity contribution < 1.29 is 26.9 Å². The summed E-state index contributed by atoms with van der Waals surface area (Å²) in [6.07, 6.45) is 1.57. The van der Waals surface area contributed by atoms with Gasteiger partial charge in [0.2, 0.25) is 0 Å². The fraction of sp³-hybridized carbons (Fsp3) is 0.120. The smallest absolute Gasteiger partial charge is 0.339 e. The molecule has 186 valence electrons. The van der Waals surface area contributed by atoms with Gasteiger partial charge in [-0.15, -0.1) is 0 Å². The number of thioether (sulfide) groups is 1. The molecule has 0 aromatic heterocycles. The van der Waals surface area contributed by atoms with E-state index in [9.17, 15) is 18.0 Å². The molecule has 0 unspecified atom stereocenters. The third-order valence-corrected chi connectivity index (χ3v) is 8.34. The van der Waals surface area contributed by atoms with E-state index in [1.165, 1.54) is 36.3 Å². The fourth-order valence-corrected chi connectivity index (χ4v) is 6.25. The Balaban J connectivity index is 1.60. The quantitative estimate of drug-likeness (QED) is 0.169. The van der Waals surface area contributed by atoms with E-state index >= 15 is 0 Å². The number of benzene rings is 3. The second-order valence-corrected chi connectivity index (χ2v) is 11.9. The van der Waals surface area contributed by atoms with Gasteiger partial charge in [0, 0.05) is 5.02 Å². The highest BCUT2D eigenvalue weighted by molar-refractivity contribution is 14.1. The summed E-state index contributed by atoms with van der Waals surface area (Å²) in [5.41, 5.74) is 2.45. The van der Waals surface area contributed by atoms with Gasteiger partial charge in [-0.3, -0.25) is 14.5 Å². The Morgan fingerprint density at radius 1 is 1.08 bits per heavy atom. The molecular formula is C25H19ClINO6S2. The third-order valence-electron chi connectivity index (χ3n) is 5.14. The van der Waals surface area contributed by atoms with Crippen LogP contribution in [0.3, 0.4) is 0 Å². The first-order chi connectivity index (χ1) is 17.1. The van der Waals surface area contributed by atoms with Gasteiger partial charge in [-0.2, -0.15) is 8.42 Å². The second-order valence-electron chi connectivity index (χ2n) is 7.78. The van der Waals surface area contributed by atoms with Crippen molar-refractivity contribution in [2.24, 2.45) is 0 Å². The normalized spacial score (nSPS) is 15.0. The maximum absolute atomic E-state index is 13.0. The maximum atomic E-state index is 13.0. The van der Waals surface area contributed by atoms with Gasteiger partial charge in [0.25, 0.3) is 11.1 Å². The molecule has 1 heterocycles. The summed E-state index contributed by atoms with van der Waals surface area (Å²) >= 11 is 8.62. The Bertz CT molecular complexity index is 1490. The summed E-state index contributed by atoms with van der Waals surface area (Å²) < 4.78 is 36.7. The largest absolute Gasteiger partial charge is 0.493 e. The van der Waals surface area contributed by atoms with Crippen LogP contribution in [-0.2, 0) is 21.5 Å². The van der Waals surface area contributed by atoms with Gasteiger partial charge >= 0.3 is 10.1 Å². The average Bonchev–Trinajstić information content (AvgIpc) is 3.08. The van der Waals surface area contributed by atoms with E-state index in [0.29, 0.717) is 14.2 Å². The van der Waals surface area contributed by atoms with Crippen molar-refractivity contribution in [1.29, 1.82) is 0 Å². The number of rotatable bonds is 7. The van der Waals surface area contributed by atoms with Gasteiger partial charge in [0.1, 0.15) is 4.90 Å². The standard InChI is InChI=1S/C25H19ClINO6S2/c1-15-4-3-5-16(10-15)14-28-24(29)22(35-25(28)30)13-17-11-20(27)23(21(12-17)33-2)34-36(31,32)19-8-6-18(26)7-9-19/h3-13H,14H2,1-2H3/b22-13-. The van der Waals surface area contributed by atoms with Crippen molar-refractivity contribution >= 4 is 73.3 Å². The van der Waals surface area contributed by atoms with E-state index in [1.54, 1.807) is 18.2 Å². The lowest BCUT2D eigenvalue weighted by molar-refractivity contribution is -0.123. The van der Waals surface area contributed by atoms with E-state index in [-0.39, 0.29) is 33.1 Å². The Hall–Kier alpha value is -2.54. The maximum Gasteiger partial charge on any atom is 0.339 e. The van der Waals surface area contributed by atoms with E-state index < -0.39 is 16.0 Å². The lowest BCUT2D eigenvalue weighted by atomic mass is 10.1. The first kappa shape index (κ1) is 26.5. The molecule has 1 fully saturated rings. The fourth-order valence-electron chi connectivity index (χ4n) is 3.44. The molecule has 1 aliphatic heterocycles. The Morgan fingerprint density at radius 2 is 1.81 bits per heavy atom. The third kappa shape index (κ3) is 5.88. The molecule has 2 amide bonds. The number of aryl methyl sites for hydroxylation is 1. The number of carbonyl (C=O) groups is 2. The zero-order valence-electron chi connectivity index (χ0n) is 19.0. The van der Waals surface area contributed by atoms with Crippen molar-refractivity contribution in [3.63, 3.8) is 0 Å². The van der Waals surface area contributed by atoms with Crippen molar-refractivity contribution in [2.75, 3.05) is 7.11 Å². The Labute approximate surface area is 231 Å². The zero-order valence-corrected chi connectivity index (χ0v) is 23.6. The molecule has 0 atom stereocenters. The van der Waals surface area contributed by atoms with Gasteiger partial charge < -0.3 is 8.92 Å². The van der Waals surface area contributed by atoms with Gasteiger partial charge in [0.05, 0.1) is 22.1 Å². The number of carbonyl (C=O) groups excluding carboxylic acids is 2. The lowest BCUT2D eigenvalue weighted by Gasteiger charge is -2.14. The minimum atomic E-state index is -4.15. The molecule has 1 saturated heterocycles. The SMILES string of the molecule is COc1cc(/C=C2\SC(=O)N(Cc3cccc(C)c3)C2=O)cc(I)c1OS(=O)(=O)c1ccc(Cl)cc1. The van der Waals surface area contributed by atoms with Crippen LogP contribution in [0.5, 0.6) is 11.5 Å². The van der Waals surface area contributed by atoms with E-state index in [0.717, 1.165) is 22.9 Å². The molecule has 11 heteroatoms. The predicted octanol–water partition coefficient (Wildman–Crippen LogP) is 6.27. The summed E-state index contributed by atoms with van der Waals surface area (Å²) in [5.74, 6) is -0.228. The topological polar surface area (TPSA) is 90.0 Å². The molecule has 0 saturated carbocycles. The highest BCUT2D eigenvalue weighted by Crippen LogP contribution is 2.39. The number of halogens is 2. The molecule has 0 spiro atoms. The van der Waals surface area contributed by atoms with Crippen LogP contribution < -0.4 is 8.92 Å². The average molecular weight is 656 g/mol. The van der Waals surface area contributed by atoms with Gasteiger partial charge in [-0.1, -0.05) is 41.4 Å². The van der Waals surface area contributed by atoms with Crippen LogP contribution in [-0.4, -0.2) is 31.6 Å². The van der Waals surface area contributed by atoms with Gasteiger partial charge in [-0.05, 0) is 94.9 Å². The van der Waals surface area contributed by atoms with Gasteiger partial charge in [-0.25, -0.2) is 0 Å². The summed E-state index contributed by atoms with van der Waals surface area (Å²) in [6, 6.07) is 16.4. The van der Waals surface area contributed by atoms with Crippen LogP contribution in [0.4, 0.5) is 4.79 Å². The highest BCUT2D eigenvalue weighted by atomic mass is 127. The number of hydrogen-bond donors (Lipinski definition) is 0. The van der Waals surface area contributed by atoms with E-state index in [2.05, 4.69) is 0 Å². The molecule has 3 aromatic carbocycles. The minimum absolute atomic E-state index is 0.0118. The summed E-state index contributed by atoms with van der Waals surface area (Å²) in [7, 11) is -2.76. The van der Waals surface area contributed by atoms with Crippen LogP contribution in [0.25, 0.3) is 6.08 Å². The summed E-state index contributed by atoms with van der Waals surface area (Å²) in [6.45, 7) is 2.13. The van der Waals surface area contributed by atoms with Crippen LogP contribution in [0, 0.1) is 10.5 Å². The second kappa shape index (κ2) is 10.8.